The lowest BCUT2D eigenvalue weighted by molar-refractivity contribution is -0.160. The van der Waals surface area contributed by atoms with E-state index in [1.807, 2.05) is 46.8 Å². The number of aliphatic carboxylic acids is 1. The molecule has 0 spiro atoms. The highest BCUT2D eigenvalue weighted by Crippen LogP contribution is 2.43. The lowest BCUT2D eigenvalue weighted by Crippen LogP contribution is -2.39. The number of pyridine rings is 2. The molecule has 1 aliphatic heterocycles. The van der Waals surface area contributed by atoms with Gasteiger partial charge in [-0.1, -0.05) is 26.0 Å². The first-order chi connectivity index (χ1) is 19.2. The minimum absolute atomic E-state index is 0.217. The number of halogens is 1. The highest BCUT2D eigenvalue weighted by atomic mass is 19.1. The lowest BCUT2D eigenvalue weighted by atomic mass is 9.82. The highest BCUT2D eigenvalue weighted by molar-refractivity contribution is 5.85. The van der Waals surface area contributed by atoms with Crippen molar-refractivity contribution in [1.82, 2.24) is 9.97 Å². The molecule has 1 aromatic carbocycles. The molecule has 1 saturated heterocycles. The van der Waals surface area contributed by atoms with E-state index < -0.39 is 17.7 Å². The van der Waals surface area contributed by atoms with E-state index in [1.165, 1.54) is 12.1 Å². The van der Waals surface area contributed by atoms with E-state index >= 15 is 0 Å². The molecule has 2 aromatic heterocycles. The average molecular weight is 564 g/mol. The summed E-state index contributed by atoms with van der Waals surface area (Å²) in [5, 5.41) is 10.3. The van der Waals surface area contributed by atoms with Crippen molar-refractivity contribution in [2.24, 2.45) is 5.41 Å². The fourth-order valence-corrected chi connectivity index (χ4v) is 5.15. The number of nitrogens with zero attached hydrogens (tertiary/aromatic N) is 3. The van der Waals surface area contributed by atoms with Gasteiger partial charge in [-0.05, 0) is 82.7 Å². The van der Waals surface area contributed by atoms with E-state index in [4.69, 9.17) is 14.5 Å². The van der Waals surface area contributed by atoms with Gasteiger partial charge in [0.05, 0.1) is 29.3 Å². The Labute approximate surface area is 242 Å². The number of benzene rings is 1. The number of carboxylic acids is 1. The van der Waals surface area contributed by atoms with E-state index in [0.29, 0.717) is 35.7 Å². The SMILES string of the molecule is Cc1nc(-c2cnc(C)c([C@H](OC(C)(C)C)C(=O)O)c2N2CCC(C)(C)CC2)ccc1OCCc1ccc(F)cc1. The molecule has 0 radical (unpaired) electrons. The molecule has 220 valence electrons. The van der Waals surface area contributed by atoms with Crippen LogP contribution < -0.4 is 9.64 Å². The van der Waals surface area contributed by atoms with Crippen LogP contribution in [0.25, 0.3) is 11.3 Å². The quantitative estimate of drug-likeness (QED) is 0.298. The van der Waals surface area contributed by atoms with Gasteiger partial charge in [0.1, 0.15) is 11.6 Å². The second-order valence-electron chi connectivity index (χ2n) is 12.6. The standard InChI is InChI=1S/C33H42FN3O4/c1-21-27(40-19-14-23-8-10-24(34)11-9-23)13-12-26(36-21)25-20-35-22(2)28(30(31(38)39)41-32(3,4)5)29(25)37-17-15-33(6,7)16-18-37/h8-13,20,30H,14-19H2,1-7H3,(H,38,39)/t30-/m0/s1. The summed E-state index contributed by atoms with van der Waals surface area (Å²) in [6.07, 6.45) is 3.23. The summed E-state index contributed by atoms with van der Waals surface area (Å²) in [5.41, 5.74) is 4.75. The minimum atomic E-state index is -1.18. The molecule has 0 unspecified atom stereocenters. The highest BCUT2D eigenvalue weighted by Gasteiger charge is 2.36. The summed E-state index contributed by atoms with van der Waals surface area (Å²) in [6.45, 7) is 15.9. The molecule has 0 bridgehead atoms. The molecule has 1 atom stereocenters. The van der Waals surface area contributed by atoms with Gasteiger partial charge in [-0.25, -0.2) is 14.2 Å². The van der Waals surface area contributed by atoms with Crippen molar-refractivity contribution >= 4 is 11.7 Å². The number of piperidine rings is 1. The molecule has 0 saturated carbocycles. The molecule has 3 heterocycles. The molecular formula is C33H42FN3O4. The summed E-state index contributed by atoms with van der Waals surface area (Å²) in [6, 6.07) is 10.2. The summed E-state index contributed by atoms with van der Waals surface area (Å²) >= 11 is 0. The predicted molar refractivity (Wildman–Crippen MR) is 159 cm³/mol. The molecule has 3 aromatic rings. The third kappa shape index (κ3) is 7.61. The van der Waals surface area contributed by atoms with Crippen molar-refractivity contribution in [1.29, 1.82) is 0 Å². The number of aryl methyl sites for hydroxylation is 2. The number of hydrogen-bond acceptors (Lipinski definition) is 6. The maximum atomic E-state index is 13.2. The summed E-state index contributed by atoms with van der Waals surface area (Å²) in [7, 11) is 0. The van der Waals surface area contributed by atoms with Gasteiger partial charge in [0.2, 0.25) is 0 Å². The number of hydrogen-bond donors (Lipinski definition) is 1. The molecule has 8 heteroatoms. The minimum Gasteiger partial charge on any atom is -0.491 e. The van der Waals surface area contributed by atoms with Crippen LogP contribution in [0.2, 0.25) is 0 Å². The Balaban J connectivity index is 1.71. The van der Waals surface area contributed by atoms with Gasteiger partial charge in [0.25, 0.3) is 0 Å². The smallest absolute Gasteiger partial charge is 0.337 e. The molecule has 1 N–H and O–H groups in total. The number of rotatable bonds is 9. The van der Waals surface area contributed by atoms with Crippen LogP contribution in [0.1, 0.15) is 76.1 Å². The van der Waals surface area contributed by atoms with Gasteiger partial charge in [0.15, 0.2) is 6.10 Å². The molecule has 7 nitrogen and oxygen atoms in total. The van der Waals surface area contributed by atoms with Crippen LogP contribution in [-0.4, -0.2) is 46.3 Å². The zero-order valence-corrected chi connectivity index (χ0v) is 25.3. The number of ether oxygens (including phenoxy) is 2. The zero-order chi connectivity index (χ0) is 29.9. The van der Waals surface area contributed by atoms with Gasteiger partial charge >= 0.3 is 5.97 Å². The van der Waals surface area contributed by atoms with E-state index in [0.717, 1.165) is 48.4 Å². The molecule has 0 aliphatic carbocycles. The van der Waals surface area contributed by atoms with Crippen molar-refractivity contribution in [3.8, 4) is 17.0 Å². The largest absolute Gasteiger partial charge is 0.491 e. The van der Waals surface area contributed by atoms with Crippen LogP contribution >= 0.6 is 0 Å². The summed E-state index contributed by atoms with van der Waals surface area (Å²) in [5.74, 6) is -0.641. The Morgan fingerprint density at radius 3 is 2.32 bits per heavy atom. The second-order valence-corrected chi connectivity index (χ2v) is 12.6. The first kappa shape index (κ1) is 30.4. The fourth-order valence-electron chi connectivity index (χ4n) is 5.15. The van der Waals surface area contributed by atoms with Gasteiger partial charge in [-0.2, -0.15) is 0 Å². The van der Waals surface area contributed by atoms with Gasteiger partial charge in [0, 0.05) is 42.5 Å². The van der Waals surface area contributed by atoms with Gasteiger partial charge < -0.3 is 19.5 Å². The maximum Gasteiger partial charge on any atom is 0.337 e. The van der Waals surface area contributed by atoms with Crippen molar-refractivity contribution in [3.63, 3.8) is 0 Å². The fraction of sp³-hybridized carbons (Fsp3) is 0.485. The van der Waals surface area contributed by atoms with Crippen molar-refractivity contribution in [2.45, 2.75) is 79.4 Å². The molecule has 4 rings (SSSR count). The Bertz CT molecular complexity index is 1370. The topological polar surface area (TPSA) is 84.8 Å². The van der Waals surface area contributed by atoms with Crippen LogP contribution in [0.3, 0.4) is 0 Å². The van der Waals surface area contributed by atoms with Crippen LogP contribution in [0.5, 0.6) is 5.75 Å². The third-order valence-corrected chi connectivity index (χ3v) is 7.55. The van der Waals surface area contributed by atoms with Crippen LogP contribution in [0.15, 0.2) is 42.6 Å². The Morgan fingerprint density at radius 1 is 1.07 bits per heavy atom. The van der Waals surface area contributed by atoms with Crippen LogP contribution in [0, 0.1) is 25.1 Å². The first-order valence-corrected chi connectivity index (χ1v) is 14.2. The zero-order valence-electron chi connectivity index (χ0n) is 25.3. The molecular weight excluding hydrogens is 521 g/mol. The molecule has 0 amide bonds. The van der Waals surface area contributed by atoms with Gasteiger partial charge in [-0.15, -0.1) is 0 Å². The normalized spacial score (nSPS) is 16.0. The monoisotopic (exact) mass is 563 g/mol. The number of aromatic nitrogens is 2. The second kappa shape index (κ2) is 12.1. The van der Waals surface area contributed by atoms with Crippen molar-refractivity contribution in [3.05, 3.63) is 70.9 Å². The Morgan fingerprint density at radius 2 is 1.73 bits per heavy atom. The van der Waals surface area contributed by atoms with Crippen molar-refractivity contribution in [2.75, 3.05) is 24.6 Å². The first-order valence-electron chi connectivity index (χ1n) is 14.2. The molecule has 1 fully saturated rings. The Kier molecular flexibility index (Phi) is 9.02. The number of carboxylic acid groups (broad SMARTS) is 1. The summed E-state index contributed by atoms with van der Waals surface area (Å²) < 4.78 is 25.4. The average Bonchev–Trinajstić information content (AvgIpc) is 2.89. The lowest BCUT2D eigenvalue weighted by Gasteiger charge is -2.40. The molecule has 41 heavy (non-hydrogen) atoms. The maximum absolute atomic E-state index is 13.2. The molecule has 1 aliphatic rings. The van der Waals surface area contributed by atoms with Crippen molar-refractivity contribution < 1.29 is 23.8 Å². The predicted octanol–water partition coefficient (Wildman–Crippen LogP) is 7.09. The van der Waals surface area contributed by atoms with E-state index in [9.17, 15) is 14.3 Å². The number of carbonyl (C=O) groups is 1. The van der Waals surface area contributed by atoms with Crippen LogP contribution in [0.4, 0.5) is 10.1 Å². The Hall–Kier alpha value is -3.52. The van der Waals surface area contributed by atoms with E-state index in [-0.39, 0.29) is 11.2 Å². The van der Waals surface area contributed by atoms with Crippen LogP contribution in [-0.2, 0) is 16.0 Å². The van der Waals surface area contributed by atoms with Gasteiger partial charge in [-0.3, -0.25) is 4.98 Å². The van der Waals surface area contributed by atoms with E-state index in [2.05, 4.69) is 23.7 Å². The third-order valence-electron chi connectivity index (χ3n) is 7.55. The summed E-state index contributed by atoms with van der Waals surface area (Å²) in [4.78, 5) is 24.4. The number of anilines is 1. The van der Waals surface area contributed by atoms with E-state index in [1.54, 1.807) is 18.3 Å².